The maximum Gasteiger partial charge on any atom is 0.247 e. The van der Waals surface area contributed by atoms with Gasteiger partial charge in [-0.05, 0) is 50.1 Å². The van der Waals surface area contributed by atoms with Gasteiger partial charge in [0.2, 0.25) is 11.8 Å². The van der Waals surface area contributed by atoms with Crippen LogP contribution in [0.25, 0.3) is 11.5 Å². The smallest absolute Gasteiger partial charge is 0.247 e. The Hall–Kier alpha value is -1.39. The van der Waals surface area contributed by atoms with Crippen molar-refractivity contribution in [2.24, 2.45) is 0 Å². The van der Waals surface area contributed by atoms with Crippen LogP contribution in [-0.2, 0) is 0 Å². The van der Waals surface area contributed by atoms with E-state index in [0.717, 1.165) is 37.0 Å². The Kier molecular flexibility index (Phi) is 3.43. The highest BCUT2D eigenvalue weighted by Gasteiger charge is 2.34. The molecule has 0 bridgehead atoms. The van der Waals surface area contributed by atoms with Crippen molar-refractivity contribution < 1.29 is 4.42 Å². The van der Waals surface area contributed by atoms with Gasteiger partial charge in [0, 0.05) is 23.2 Å². The maximum absolute atomic E-state index is 5.90. The zero-order chi connectivity index (χ0) is 14.2. The molecule has 2 fully saturated rings. The number of hydrogen-bond acceptors (Lipinski definition) is 4. The maximum atomic E-state index is 5.90. The highest BCUT2D eigenvalue weighted by atomic mass is 35.5. The molecule has 1 unspecified atom stereocenters. The first-order chi connectivity index (χ1) is 10.3. The molecule has 0 radical (unpaired) electrons. The van der Waals surface area contributed by atoms with Crippen molar-refractivity contribution in [1.82, 2.24) is 15.1 Å². The molecule has 2 heterocycles. The van der Waals surface area contributed by atoms with Gasteiger partial charge in [0.1, 0.15) is 0 Å². The lowest BCUT2D eigenvalue weighted by Crippen LogP contribution is -2.38. The molecule has 1 aromatic carbocycles. The fourth-order valence-electron chi connectivity index (χ4n) is 3.18. The van der Waals surface area contributed by atoms with Gasteiger partial charge in [-0.25, -0.2) is 0 Å². The minimum atomic E-state index is 0.388. The van der Waals surface area contributed by atoms with Gasteiger partial charge in [-0.1, -0.05) is 18.0 Å². The summed E-state index contributed by atoms with van der Waals surface area (Å²) in [6.45, 7) is 2.22. The first kappa shape index (κ1) is 13.3. The van der Waals surface area contributed by atoms with Gasteiger partial charge in [0.15, 0.2) is 0 Å². The van der Waals surface area contributed by atoms with Crippen LogP contribution in [0.3, 0.4) is 0 Å². The normalized spacial score (nSPS) is 23.4. The Morgan fingerprint density at radius 3 is 2.62 bits per heavy atom. The third kappa shape index (κ3) is 2.58. The van der Waals surface area contributed by atoms with Crippen LogP contribution in [-0.4, -0.2) is 34.2 Å². The average molecular weight is 304 g/mol. The summed E-state index contributed by atoms with van der Waals surface area (Å²) in [6, 6.07) is 8.31. The second-order valence-corrected chi connectivity index (χ2v) is 6.45. The van der Waals surface area contributed by atoms with Gasteiger partial charge in [0.25, 0.3) is 0 Å². The first-order valence-electron chi connectivity index (χ1n) is 7.63. The predicted molar refractivity (Wildman–Crippen MR) is 81.3 cm³/mol. The topological polar surface area (TPSA) is 42.2 Å². The third-order valence-corrected chi connectivity index (χ3v) is 4.94. The van der Waals surface area contributed by atoms with Crippen LogP contribution in [0.5, 0.6) is 0 Å². The van der Waals surface area contributed by atoms with E-state index in [1.54, 1.807) is 0 Å². The van der Waals surface area contributed by atoms with E-state index < -0.39 is 0 Å². The van der Waals surface area contributed by atoms with Crippen molar-refractivity contribution in [3.05, 3.63) is 35.2 Å². The van der Waals surface area contributed by atoms with E-state index in [-0.39, 0.29) is 0 Å². The molecule has 4 nitrogen and oxygen atoms in total. The molecule has 0 amide bonds. The number of aromatic nitrogens is 2. The summed E-state index contributed by atoms with van der Waals surface area (Å²) in [5.74, 6) is 1.75. The molecule has 1 saturated heterocycles. The lowest BCUT2D eigenvalue weighted by atomic mass is 9.92. The molecule has 4 rings (SSSR count). The molecule has 1 atom stereocenters. The fraction of sp³-hybridized carbons (Fsp3) is 0.500. The molecule has 1 aromatic heterocycles. The fourth-order valence-corrected chi connectivity index (χ4v) is 3.31. The number of nitrogens with zero attached hydrogens (tertiary/aromatic N) is 3. The second kappa shape index (κ2) is 5.43. The molecule has 0 N–H and O–H groups in total. The van der Waals surface area contributed by atoms with E-state index in [9.17, 15) is 0 Å². The second-order valence-electron chi connectivity index (χ2n) is 6.02. The van der Waals surface area contributed by atoms with Crippen LogP contribution in [0.4, 0.5) is 0 Å². The minimum Gasteiger partial charge on any atom is -0.420 e. The van der Waals surface area contributed by atoms with Crippen molar-refractivity contribution in [3.63, 3.8) is 0 Å². The molecule has 2 aliphatic rings. The van der Waals surface area contributed by atoms with Crippen molar-refractivity contribution in [1.29, 1.82) is 0 Å². The van der Waals surface area contributed by atoms with Crippen molar-refractivity contribution in [2.75, 3.05) is 13.1 Å². The minimum absolute atomic E-state index is 0.388. The Morgan fingerprint density at radius 1 is 1.10 bits per heavy atom. The molecule has 1 saturated carbocycles. The monoisotopic (exact) mass is 303 g/mol. The van der Waals surface area contributed by atoms with Crippen molar-refractivity contribution in [3.8, 4) is 11.5 Å². The molecule has 1 aliphatic carbocycles. The van der Waals surface area contributed by atoms with Crippen LogP contribution < -0.4 is 0 Å². The van der Waals surface area contributed by atoms with Gasteiger partial charge in [-0.3, -0.25) is 4.90 Å². The molecule has 0 spiro atoms. The Morgan fingerprint density at radius 2 is 1.90 bits per heavy atom. The zero-order valence-corrected chi connectivity index (χ0v) is 12.6. The van der Waals surface area contributed by atoms with Gasteiger partial charge in [0.05, 0.1) is 5.92 Å². The van der Waals surface area contributed by atoms with Gasteiger partial charge >= 0.3 is 0 Å². The summed E-state index contributed by atoms with van der Waals surface area (Å²) in [6.07, 6.45) is 5.21. The highest BCUT2D eigenvalue weighted by Crippen LogP contribution is 2.34. The van der Waals surface area contributed by atoms with E-state index >= 15 is 0 Å². The van der Waals surface area contributed by atoms with E-state index in [1.807, 2.05) is 24.3 Å². The van der Waals surface area contributed by atoms with Gasteiger partial charge in [-0.2, -0.15) is 0 Å². The lowest BCUT2D eigenvalue weighted by Gasteiger charge is -2.34. The van der Waals surface area contributed by atoms with Gasteiger partial charge < -0.3 is 4.42 Å². The lowest BCUT2D eigenvalue weighted by molar-refractivity contribution is 0.156. The summed E-state index contributed by atoms with van der Waals surface area (Å²) >= 11 is 5.90. The summed E-state index contributed by atoms with van der Waals surface area (Å²) < 4.78 is 5.88. The molecular weight excluding hydrogens is 286 g/mol. The number of likely N-dealkylation sites (tertiary alicyclic amines) is 1. The van der Waals surface area contributed by atoms with Crippen molar-refractivity contribution >= 4 is 11.6 Å². The van der Waals surface area contributed by atoms with E-state index in [2.05, 4.69) is 15.1 Å². The Labute approximate surface area is 129 Å². The average Bonchev–Trinajstić information content (AvgIpc) is 3.06. The quantitative estimate of drug-likeness (QED) is 0.866. The SMILES string of the molecule is Clc1ccc(-c2nnc(C3CCN(C4CCC4)C3)o2)cc1. The van der Waals surface area contributed by atoms with E-state index in [0.29, 0.717) is 16.8 Å². The Bertz CT molecular complexity index is 621. The van der Waals surface area contributed by atoms with Crippen LogP contribution in [0.2, 0.25) is 5.02 Å². The van der Waals surface area contributed by atoms with Crippen LogP contribution in [0.1, 0.15) is 37.5 Å². The molecule has 1 aliphatic heterocycles. The number of hydrogen-bond donors (Lipinski definition) is 0. The summed E-state index contributed by atoms with van der Waals surface area (Å²) in [5, 5.41) is 9.16. The summed E-state index contributed by atoms with van der Waals surface area (Å²) in [7, 11) is 0. The third-order valence-electron chi connectivity index (χ3n) is 4.69. The molecule has 5 heteroatoms. The van der Waals surface area contributed by atoms with Crippen molar-refractivity contribution in [2.45, 2.75) is 37.6 Å². The summed E-state index contributed by atoms with van der Waals surface area (Å²) in [4.78, 5) is 2.58. The number of benzene rings is 1. The van der Waals surface area contributed by atoms with Gasteiger partial charge in [-0.15, -0.1) is 10.2 Å². The molecular formula is C16H18ClN3O. The number of halogens is 1. The zero-order valence-electron chi connectivity index (χ0n) is 11.8. The van der Waals surface area contributed by atoms with Crippen LogP contribution in [0, 0.1) is 0 Å². The van der Waals surface area contributed by atoms with E-state index in [4.69, 9.17) is 16.0 Å². The van der Waals surface area contributed by atoms with Crippen LogP contribution >= 0.6 is 11.6 Å². The Balaban J connectivity index is 1.48. The standard InChI is InChI=1S/C16H18ClN3O/c17-13-6-4-11(5-7-13)15-18-19-16(21-15)12-8-9-20(10-12)14-2-1-3-14/h4-7,12,14H,1-3,8-10H2. The van der Waals surface area contributed by atoms with E-state index in [1.165, 1.54) is 19.3 Å². The summed E-state index contributed by atoms with van der Waals surface area (Å²) in [5.41, 5.74) is 0.923. The highest BCUT2D eigenvalue weighted by molar-refractivity contribution is 6.30. The predicted octanol–water partition coefficient (Wildman–Crippen LogP) is 3.73. The molecule has 110 valence electrons. The number of rotatable bonds is 3. The first-order valence-corrected chi connectivity index (χ1v) is 8.01. The molecule has 21 heavy (non-hydrogen) atoms. The molecule has 2 aromatic rings. The van der Waals surface area contributed by atoms with Crippen LogP contribution in [0.15, 0.2) is 28.7 Å². The largest absolute Gasteiger partial charge is 0.420 e.